The van der Waals surface area contributed by atoms with Gasteiger partial charge in [0.25, 0.3) is 5.91 Å². The molecule has 0 aromatic carbocycles. The highest BCUT2D eigenvalue weighted by molar-refractivity contribution is 5.93. The Morgan fingerprint density at radius 2 is 2.30 bits per heavy atom. The van der Waals surface area contributed by atoms with E-state index in [4.69, 9.17) is 4.42 Å². The first-order chi connectivity index (χ1) is 9.40. The third-order valence-electron chi connectivity index (χ3n) is 2.83. The number of hydrogen-bond donors (Lipinski definition) is 2. The Labute approximate surface area is 117 Å². The van der Waals surface area contributed by atoms with E-state index < -0.39 is 5.60 Å². The highest BCUT2D eigenvalue weighted by atomic mass is 16.3. The number of aromatic nitrogens is 2. The van der Waals surface area contributed by atoms with E-state index >= 15 is 0 Å². The number of carbonyl (C=O) groups excluding carboxylic acids is 1. The van der Waals surface area contributed by atoms with Crippen molar-refractivity contribution < 1.29 is 14.3 Å². The average Bonchev–Trinajstić information content (AvgIpc) is 3.03. The number of carbonyl (C=O) groups is 1. The summed E-state index contributed by atoms with van der Waals surface area (Å²) in [6.07, 6.45) is 1.56. The zero-order valence-electron chi connectivity index (χ0n) is 11.9. The molecule has 2 N–H and O–H groups in total. The lowest BCUT2D eigenvalue weighted by Gasteiger charge is -2.27. The van der Waals surface area contributed by atoms with Gasteiger partial charge >= 0.3 is 0 Å². The van der Waals surface area contributed by atoms with Crippen LogP contribution in [0.15, 0.2) is 28.9 Å². The van der Waals surface area contributed by atoms with Crippen LogP contribution in [0.4, 0.5) is 0 Å². The molecule has 0 atom stereocenters. The maximum Gasteiger partial charge on any atom is 0.274 e. The van der Waals surface area contributed by atoms with Gasteiger partial charge in [0.1, 0.15) is 5.69 Å². The molecule has 6 heteroatoms. The van der Waals surface area contributed by atoms with Crippen LogP contribution in [0.25, 0.3) is 11.5 Å². The van der Waals surface area contributed by atoms with E-state index in [1.807, 2.05) is 6.92 Å². The molecular weight excluding hydrogens is 258 g/mol. The summed E-state index contributed by atoms with van der Waals surface area (Å²) in [5.74, 6) is 0.408. The number of H-pyrrole nitrogens is 1. The highest BCUT2D eigenvalue weighted by Crippen LogP contribution is 2.19. The summed E-state index contributed by atoms with van der Waals surface area (Å²) in [6.45, 7) is 5.96. The normalized spacial score (nSPS) is 11.6. The molecule has 0 unspecified atom stereocenters. The first-order valence-corrected chi connectivity index (χ1v) is 6.51. The maximum atomic E-state index is 12.3. The standard InChI is InChI=1S/C14H19N3O3/c1-4-17(9-14(2,3)19)13(18)11-8-10(15-16-11)12-6-5-7-20-12/h5-8,19H,4,9H2,1-3H3,(H,15,16). The summed E-state index contributed by atoms with van der Waals surface area (Å²) < 4.78 is 5.24. The second kappa shape index (κ2) is 5.50. The van der Waals surface area contributed by atoms with Crippen LogP contribution in [0.2, 0.25) is 0 Å². The maximum absolute atomic E-state index is 12.3. The number of aliphatic hydroxyl groups is 1. The number of amides is 1. The van der Waals surface area contributed by atoms with Crippen LogP contribution in [0.5, 0.6) is 0 Å². The lowest BCUT2D eigenvalue weighted by atomic mass is 10.1. The fraction of sp³-hybridized carbons (Fsp3) is 0.429. The van der Waals surface area contributed by atoms with Crippen molar-refractivity contribution in [3.63, 3.8) is 0 Å². The molecule has 0 saturated heterocycles. The van der Waals surface area contributed by atoms with E-state index in [9.17, 15) is 9.90 Å². The van der Waals surface area contributed by atoms with E-state index in [1.165, 1.54) is 0 Å². The second-order valence-corrected chi connectivity index (χ2v) is 5.28. The van der Waals surface area contributed by atoms with E-state index in [0.717, 1.165) is 0 Å². The first kappa shape index (κ1) is 14.3. The van der Waals surface area contributed by atoms with Gasteiger partial charge in [-0.1, -0.05) is 0 Å². The minimum absolute atomic E-state index is 0.219. The van der Waals surface area contributed by atoms with Crippen molar-refractivity contribution >= 4 is 5.91 Å². The number of hydrogen-bond acceptors (Lipinski definition) is 4. The van der Waals surface area contributed by atoms with Gasteiger partial charge in [0.05, 0.1) is 11.9 Å². The first-order valence-electron chi connectivity index (χ1n) is 6.51. The molecule has 108 valence electrons. The predicted molar refractivity (Wildman–Crippen MR) is 74.2 cm³/mol. The Balaban J connectivity index is 2.16. The second-order valence-electron chi connectivity index (χ2n) is 5.28. The van der Waals surface area contributed by atoms with Crippen molar-refractivity contribution in [1.82, 2.24) is 15.1 Å². The van der Waals surface area contributed by atoms with Gasteiger partial charge in [-0.15, -0.1) is 0 Å². The molecule has 0 saturated carbocycles. The van der Waals surface area contributed by atoms with Gasteiger partial charge in [-0.05, 0) is 32.9 Å². The molecule has 2 aromatic heterocycles. The third-order valence-corrected chi connectivity index (χ3v) is 2.83. The quantitative estimate of drug-likeness (QED) is 0.874. The van der Waals surface area contributed by atoms with Crippen LogP contribution >= 0.6 is 0 Å². The van der Waals surface area contributed by atoms with Gasteiger partial charge in [-0.3, -0.25) is 9.89 Å². The number of rotatable bonds is 5. The molecule has 2 aromatic rings. The van der Waals surface area contributed by atoms with Crippen LogP contribution in [0, 0.1) is 0 Å². The van der Waals surface area contributed by atoms with Crippen LogP contribution in [0.1, 0.15) is 31.3 Å². The van der Waals surface area contributed by atoms with E-state index in [-0.39, 0.29) is 12.5 Å². The Bertz CT molecular complexity index is 567. The molecule has 0 aliphatic carbocycles. The SMILES string of the molecule is CCN(CC(C)(C)O)C(=O)c1cc(-c2ccco2)[nH]n1. The van der Waals surface area contributed by atoms with Crippen molar-refractivity contribution in [2.75, 3.05) is 13.1 Å². The van der Waals surface area contributed by atoms with Crippen LogP contribution in [-0.4, -0.2) is 44.8 Å². The summed E-state index contributed by atoms with van der Waals surface area (Å²) in [4.78, 5) is 13.9. The van der Waals surface area contributed by atoms with Gasteiger partial charge in [-0.25, -0.2) is 0 Å². The van der Waals surface area contributed by atoms with Gasteiger partial charge in [0, 0.05) is 19.2 Å². The van der Waals surface area contributed by atoms with Crippen molar-refractivity contribution in [2.45, 2.75) is 26.4 Å². The Morgan fingerprint density at radius 3 is 2.85 bits per heavy atom. The van der Waals surface area contributed by atoms with E-state index in [0.29, 0.717) is 23.7 Å². The third kappa shape index (κ3) is 3.27. The van der Waals surface area contributed by atoms with Crippen molar-refractivity contribution in [1.29, 1.82) is 0 Å². The molecule has 0 aliphatic heterocycles. The average molecular weight is 277 g/mol. The summed E-state index contributed by atoms with van der Waals surface area (Å²) in [5, 5.41) is 16.6. The van der Waals surface area contributed by atoms with Crippen LogP contribution < -0.4 is 0 Å². The number of furan rings is 1. The van der Waals surface area contributed by atoms with Crippen LogP contribution in [-0.2, 0) is 0 Å². The monoisotopic (exact) mass is 277 g/mol. The minimum Gasteiger partial charge on any atom is -0.463 e. The number of nitrogens with zero attached hydrogens (tertiary/aromatic N) is 2. The largest absolute Gasteiger partial charge is 0.463 e. The molecule has 0 spiro atoms. The molecule has 1 amide bonds. The lowest BCUT2D eigenvalue weighted by Crippen LogP contribution is -2.42. The molecule has 6 nitrogen and oxygen atoms in total. The van der Waals surface area contributed by atoms with E-state index in [2.05, 4.69) is 10.2 Å². The fourth-order valence-corrected chi connectivity index (χ4v) is 1.95. The molecule has 2 heterocycles. The lowest BCUT2D eigenvalue weighted by molar-refractivity contribution is 0.0311. The summed E-state index contributed by atoms with van der Waals surface area (Å²) in [6, 6.07) is 5.20. The molecule has 20 heavy (non-hydrogen) atoms. The van der Waals surface area contributed by atoms with Gasteiger partial charge in [0.15, 0.2) is 11.5 Å². The zero-order chi connectivity index (χ0) is 14.8. The predicted octanol–water partition coefficient (Wildman–Crippen LogP) is 1.90. The highest BCUT2D eigenvalue weighted by Gasteiger charge is 2.24. The smallest absolute Gasteiger partial charge is 0.274 e. The van der Waals surface area contributed by atoms with Crippen molar-refractivity contribution in [2.24, 2.45) is 0 Å². The van der Waals surface area contributed by atoms with Gasteiger partial charge < -0.3 is 14.4 Å². The number of likely N-dealkylation sites (N-methyl/N-ethyl adjacent to an activating group) is 1. The molecule has 0 bridgehead atoms. The summed E-state index contributed by atoms with van der Waals surface area (Å²) in [5.41, 5.74) is 0.0198. The van der Waals surface area contributed by atoms with E-state index in [1.54, 1.807) is 43.2 Å². The zero-order valence-corrected chi connectivity index (χ0v) is 11.9. The Hall–Kier alpha value is -2.08. The van der Waals surface area contributed by atoms with Crippen molar-refractivity contribution in [3.8, 4) is 11.5 Å². The van der Waals surface area contributed by atoms with Crippen molar-refractivity contribution in [3.05, 3.63) is 30.2 Å². The summed E-state index contributed by atoms with van der Waals surface area (Å²) in [7, 11) is 0. The number of nitrogens with one attached hydrogen (secondary N) is 1. The van der Waals surface area contributed by atoms with Crippen LogP contribution in [0.3, 0.4) is 0 Å². The minimum atomic E-state index is -0.939. The van der Waals surface area contributed by atoms with Gasteiger partial charge in [-0.2, -0.15) is 5.10 Å². The fourth-order valence-electron chi connectivity index (χ4n) is 1.95. The Morgan fingerprint density at radius 1 is 1.55 bits per heavy atom. The Kier molecular flexibility index (Phi) is 3.94. The molecule has 2 rings (SSSR count). The molecule has 0 fully saturated rings. The summed E-state index contributed by atoms with van der Waals surface area (Å²) >= 11 is 0. The van der Waals surface area contributed by atoms with Gasteiger partial charge in [0.2, 0.25) is 0 Å². The molecule has 0 radical (unpaired) electrons. The number of aromatic amines is 1. The molecular formula is C14H19N3O3. The molecule has 0 aliphatic rings. The topological polar surface area (TPSA) is 82.4 Å².